The molecule has 2 aromatic heterocycles. The first-order chi connectivity index (χ1) is 15.4. The van der Waals surface area contributed by atoms with Gasteiger partial charge in [-0.1, -0.05) is 0 Å². The summed E-state index contributed by atoms with van der Waals surface area (Å²) < 4.78 is 4.65. The summed E-state index contributed by atoms with van der Waals surface area (Å²) in [5, 5.41) is 5.77. The van der Waals surface area contributed by atoms with E-state index in [9.17, 15) is 4.79 Å². The van der Waals surface area contributed by atoms with Gasteiger partial charge in [0, 0.05) is 0 Å². The maximum absolute atomic E-state index is 13.6. The molecule has 1 amide bonds. The Labute approximate surface area is 218 Å². The third kappa shape index (κ3) is 4.15. The predicted molar refractivity (Wildman–Crippen MR) is 136 cm³/mol. The minimum atomic E-state index is -0.102. The van der Waals surface area contributed by atoms with Gasteiger partial charge in [0.15, 0.2) is 0 Å². The summed E-state index contributed by atoms with van der Waals surface area (Å²) in [6.07, 6.45) is 0.835. The van der Waals surface area contributed by atoms with E-state index >= 15 is 0 Å². The van der Waals surface area contributed by atoms with Gasteiger partial charge >= 0.3 is 220 Å². The Morgan fingerprint density at radius 3 is 2.53 bits per heavy atom. The number of amides is 1. The predicted octanol–water partition coefficient (Wildman–Crippen LogP) is 6.63. The third-order valence-corrected chi connectivity index (χ3v) is 9.63. The van der Waals surface area contributed by atoms with Crippen molar-refractivity contribution in [3.8, 4) is 15.8 Å². The van der Waals surface area contributed by atoms with E-state index < -0.39 is 0 Å². The number of benzene rings is 2. The van der Waals surface area contributed by atoms with Gasteiger partial charge in [-0.05, 0) is 0 Å². The molecule has 1 aliphatic heterocycles. The van der Waals surface area contributed by atoms with Crippen molar-refractivity contribution in [2.45, 2.75) is 13.0 Å². The van der Waals surface area contributed by atoms with Crippen molar-refractivity contribution in [1.82, 2.24) is 14.7 Å². The summed E-state index contributed by atoms with van der Waals surface area (Å²) in [7, 11) is 0. The van der Waals surface area contributed by atoms with Crippen molar-refractivity contribution in [3.63, 3.8) is 0 Å². The second kappa shape index (κ2) is 9.13. The molecule has 0 atom stereocenters. The van der Waals surface area contributed by atoms with Gasteiger partial charge in [0.1, 0.15) is 0 Å². The fourth-order valence-electron chi connectivity index (χ4n) is 3.84. The molecule has 0 saturated carbocycles. The Bertz CT molecular complexity index is 1350. The van der Waals surface area contributed by atoms with Crippen molar-refractivity contribution in [2.75, 3.05) is 6.54 Å². The zero-order valence-electron chi connectivity index (χ0n) is 16.5. The molecule has 162 valence electrons. The third-order valence-electron chi connectivity index (χ3n) is 5.39. The quantitative estimate of drug-likeness (QED) is 0.232. The van der Waals surface area contributed by atoms with Crippen LogP contribution in [0.4, 0.5) is 0 Å². The Balaban J connectivity index is 1.61. The number of hydrogen-bond donors (Lipinski definition) is 0. The van der Waals surface area contributed by atoms with Gasteiger partial charge in [-0.2, -0.15) is 0 Å². The topological polar surface area (TPSA) is 38.1 Å². The monoisotopic (exact) mass is 657 g/mol. The van der Waals surface area contributed by atoms with Crippen LogP contribution in [0.2, 0.25) is 10.0 Å². The molecule has 0 aliphatic carbocycles. The number of fused-ring (bicyclic) bond motifs is 1. The zero-order valence-corrected chi connectivity index (χ0v) is 22.9. The first-order valence-corrected chi connectivity index (χ1v) is 13.8. The van der Waals surface area contributed by atoms with Gasteiger partial charge in [-0.3, -0.25) is 0 Å². The van der Waals surface area contributed by atoms with E-state index in [4.69, 9.17) is 28.3 Å². The maximum atomic E-state index is 13.6. The number of aromatic nitrogens is 2. The number of carbonyl (C=O) groups excluding carboxylic acids is 1. The second-order valence-corrected chi connectivity index (χ2v) is 13.3. The molecule has 0 fully saturated rings. The van der Waals surface area contributed by atoms with E-state index in [1.807, 2.05) is 29.2 Å². The molecule has 4 nitrogen and oxygen atoms in total. The first kappa shape index (κ1) is 22.5. The fourth-order valence-corrected chi connectivity index (χ4v) is 7.90. The molecule has 0 saturated heterocycles. The van der Waals surface area contributed by atoms with E-state index in [1.54, 1.807) is 16.8 Å². The van der Waals surface area contributed by atoms with Crippen molar-refractivity contribution < 1.29 is 4.79 Å². The van der Waals surface area contributed by atoms with Gasteiger partial charge in [-0.15, -0.1) is 0 Å². The van der Waals surface area contributed by atoms with Crippen LogP contribution in [0.25, 0.3) is 15.8 Å². The average molecular weight is 659 g/mol. The Kier molecular flexibility index (Phi) is 6.40. The number of nitrogens with zero attached hydrogens (tertiary/aromatic N) is 3. The zero-order chi connectivity index (χ0) is 22.4. The van der Waals surface area contributed by atoms with Crippen LogP contribution in [-0.2, 0) is 13.0 Å². The standard InChI is InChI=1S/C23H15Br2Cl2N3OSe/c24-19-8-7-18(32-19)22-20(25)21(28-30(22)17-6-5-15(26)11-16(17)27)23(31)29-10-9-13-3-1-2-4-14(13)12-29/h1-8,11H,9-10,12H2. The second-order valence-electron chi connectivity index (χ2n) is 7.37. The van der Waals surface area contributed by atoms with Gasteiger partial charge in [0.2, 0.25) is 0 Å². The van der Waals surface area contributed by atoms with E-state index in [-0.39, 0.29) is 20.4 Å². The molecular weight excluding hydrogens is 644 g/mol. The molecule has 4 aromatic rings. The van der Waals surface area contributed by atoms with E-state index in [0.29, 0.717) is 39.0 Å². The van der Waals surface area contributed by atoms with Gasteiger partial charge in [-0.25, -0.2) is 0 Å². The summed E-state index contributed by atoms with van der Waals surface area (Å²) in [5.74, 6) is -0.102. The van der Waals surface area contributed by atoms with E-state index in [1.165, 1.54) is 11.1 Å². The summed E-state index contributed by atoms with van der Waals surface area (Å²) in [6.45, 7) is 1.23. The van der Waals surface area contributed by atoms with Crippen LogP contribution in [0, 0.1) is 0 Å². The fraction of sp³-hybridized carbons (Fsp3) is 0.130. The van der Waals surface area contributed by atoms with Crippen LogP contribution in [-0.4, -0.2) is 41.6 Å². The Hall–Kier alpha value is -1.34. The normalized spacial score (nSPS) is 13.3. The minimum absolute atomic E-state index is 0.0730. The molecule has 32 heavy (non-hydrogen) atoms. The van der Waals surface area contributed by atoms with Crippen LogP contribution in [0.5, 0.6) is 0 Å². The molecule has 1 aliphatic rings. The van der Waals surface area contributed by atoms with Gasteiger partial charge < -0.3 is 0 Å². The van der Waals surface area contributed by atoms with Crippen LogP contribution < -0.4 is 0 Å². The number of rotatable bonds is 3. The van der Waals surface area contributed by atoms with Crippen molar-refractivity contribution in [2.24, 2.45) is 0 Å². The van der Waals surface area contributed by atoms with Gasteiger partial charge in [0.05, 0.1) is 0 Å². The molecule has 2 aromatic carbocycles. The SMILES string of the molecule is O=C(c1nn(-c2ccc(Cl)cc2Cl)c(-c2ccc(Br)[se]2)c1Br)N1CCc2ccccc2C1. The molecule has 0 radical (unpaired) electrons. The molecule has 0 N–H and O–H groups in total. The van der Waals surface area contributed by atoms with Crippen molar-refractivity contribution in [3.05, 3.63) is 89.3 Å². The van der Waals surface area contributed by atoms with Crippen LogP contribution in [0.1, 0.15) is 21.6 Å². The molecule has 0 unspecified atom stereocenters. The van der Waals surface area contributed by atoms with E-state index in [0.717, 1.165) is 19.9 Å². The first-order valence-electron chi connectivity index (χ1n) is 9.78. The molecular formula is C23H15Br2Cl2N3OSe. The summed E-state index contributed by atoms with van der Waals surface area (Å²) in [4.78, 5) is 15.4. The van der Waals surface area contributed by atoms with E-state index in [2.05, 4.69) is 50.1 Å². The van der Waals surface area contributed by atoms with Crippen LogP contribution >= 0.6 is 55.1 Å². The molecule has 5 rings (SSSR count). The molecule has 9 heteroatoms. The Morgan fingerprint density at radius 2 is 1.81 bits per heavy atom. The molecule has 3 heterocycles. The number of hydrogen-bond acceptors (Lipinski definition) is 2. The summed E-state index contributed by atoms with van der Waals surface area (Å²) in [5.41, 5.74) is 4.36. The summed E-state index contributed by atoms with van der Waals surface area (Å²) >= 11 is 20.0. The van der Waals surface area contributed by atoms with Crippen molar-refractivity contribution >= 4 is 75.5 Å². The van der Waals surface area contributed by atoms with Gasteiger partial charge in [0.25, 0.3) is 0 Å². The average Bonchev–Trinajstić information content (AvgIpc) is 3.35. The molecule has 0 bridgehead atoms. The Morgan fingerprint density at radius 1 is 1.03 bits per heavy atom. The van der Waals surface area contributed by atoms with Crippen LogP contribution in [0.3, 0.4) is 0 Å². The molecule has 0 spiro atoms. The van der Waals surface area contributed by atoms with Crippen LogP contribution in [0.15, 0.2) is 62.4 Å². The number of carbonyl (C=O) groups is 1. The van der Waals surface area contributed by atoms with Crippen molar-refractivity contribution in [1.29, 1.82) is 0 Å². The summed E-state index contributed by atoms with van der Waals surface area (Å²) in [6, 6.07) is 17.6. The number of halogens is 4.